The smallest absolute Gasteiger partial charge is 0.471 e. The summed E-state index contributed by atoms with van der Waals surface area (Å²) >= 11 is 0. The molecule has 0 heterocycles. The average molecular weight is 287 g/mol. The lowest BCUT2D eigenvalue weighted by atomic mass is 9.90. The molecular weight excluding hydrogens is 275 g/mol. The number of alkyl halides is 3. The lowest BCUT2D eigenvalue weighted by Crippen LogP contribution is -2.55. The summed E-state index contributed by atoms with van der Waals surface area (Å²) in [5.41, 5.74) is -1.06. The van der Waals surface area contributed by atoms with Crippen molar-refractivity contribution < 1.29 is 27.9 Å². The number of nitrogens with zero attached hydrogens (tertiary/aromatic N) is 1. The Morgan fingerprint density at radius 1 is 1.30 bits per heavy atom. The molecule has 4 nitrogen and oxygen atoms in total. The third-order valence-electron chi connectivity index (χ3n) is 3.69. The van der Waals surface area contributed by atoms with Gasteiger partial charge in [0.2, 0.25) is 0 Å². The van der Waals surface area contributed by atoms with E-state index in [9.17, 15) is 27.9 Å². The Labute approximate surface area is 112 Å². The van der Waals surface area contributed by atoms with Gasteiger partial charge < -0.3 is 10.0 Å². The highest BCUT2D eigenvalue weighted by atomic mass is 19.4. The second-order valence-corrected chi connectivity index (χ2v) is 4.68. The minimum atomic E-state index is -5.10. The van der Waals surface area contributed by atoms with Gasteiger partial charge in [-0.15, -0.1) is 0 Å². The van der Waals surface area contributed by atoms with Gasteiger partial charge >= 0.3 is 18.1 Å². The summed E-state index contributed by atoms with van der Waals surface area (Å²) in [6, 6.07) is 6.35. The second kappa shape index (κ2) is 4.50. The fourth-order valence-corrected chi connectivity index (χ4v) is 2.67. The number of benzene rings is 1. The first kappa shape index (κ1) is 14.4. The molecule has 7 heteroatoms. The van der Waals surface area contributed by atoms with Crippen molar-refractivity contribution in [3.63, 3.8) is 0 Å². The third kappa shape index (κ3) is 1.93. The number of amides is 1. The van der Waals surface area contributed by atoms with Crippen LogP contribution in [0.5, 0.6) is 0 Å². The molecule has 1 aromatic rings. The van der Waals surface area contributed by atoms with E-state index in [1.807, 2.05) is 0 Å². The third-order valence-corrected chi connectivity index (χ3v) is 3.69. The molecule has 0 spiro atoms. The maximum absolute atomic E-state index is 12.6. The minimum Gasteiger partial charge on any atom is -0.479 e. The van der Waals surface area contributed by atoms with Crippen LogP contribution in [0.1, 0.15) is 17.5 Å². The van der Waals surface area contributed by atoms with Crippen molar-refractivity contribution >= 4 is 11.9 Å². The van der Waals surface area contributed by atoms with Crippen LogP contribution in [-0.4, -0.2) is 35.1 Å². The molecule has 1 N–H and O–H groups in total. The van der Waals surface area contributed by atoms with Crippen molar-refractivity contribution in [3.8, 4) is 0 Å². The van der Waals surface area contributed by atoms with Gasteiger partial charge in [0, 0.05) is 7.05 Å². The van der Waals surface area contributed by atoms with E-state index in [2.05, 4.69) is 0 Å². The molecule has 0 radical (unpaired) electrons. The molecule has 2 rings (SSSR count). The molecule has 1 aliphatic rings. The highest BCUT2D eigenvalue weighted by Crippen LogP contribution is 2.42. The van der Waals surface area contributed by atoms with E-state index in [-0.39, 0.29) is 12.0 Å². The SMILES string of the molecule is CN(C(=O)C(F)(F)F)C1(C(=O)O)CCc2ccccc21. The first-order valence-corrected chi connectivity index (χ1v) is 5.88. The van der Waals surface area contributed by atoms with Crippen molar-refractivity contribution in [2.75, 3.05) is 7.05 Å². The molecule has 0 saturated carbocycles. The molecule has 0 bridgehead atoms. The topological polar surface area (TPSA) is 57.6 Å². The monoisotopic (exact) mass is 287 g/mol. The Bertz CT molecular complexity index is 570. The summed E-state index contributed by atoms with van der Waals surface area (Å²) < 4.78 is 37.7. The number of carboxylic acid groups (broad SMARTS) is 1. The Balaban J connectivity index is 2.54. The van der Waals surface area contributed by atoms with Crippen molar-refractivity contribution in [2.24, 2.45) is 0 Å². The van der Waals surface area contributed by atoms with Gasteiger partial charge in [-0.05, 0) is 24.0 Å². The van der Waals surface area contributed by atoms with Gasteiger partial charge in [0.25, 0.3) is 0 Å². The zero-order valence-corrected chi connectivity index (χ0v) is 10.6. The van der Waals surface area contributed by atoms with Gasteiger partial charge in [0.15, 0.2) is 5.54 Å². The molecule has 0 aliphatic heterocycles. The van der Waals surface area contributed by atoms with Crippen molar-refractivity contribution in [3.05, 3.63) is 35.4 Å². The Hall–Kier alpha value is -2.05. The highest BCUT2D eigenvalue weighted by Gasteiger charge is 2.55. The maximum Gasteiger partial charge on any atom is 0.471 e. The van der Waals surface area contributed by atoms with E-state index < -0.39 is 23.6 Å². The summed E-state index contributed by atoms with van der Waals surface area (Å²) in [7, 11) is 0.881. The zero-order chi connectivity index (χ0) is 15.1. The summed E-state index contributed by atoms with van der Waals surface area (Å²) in [5, 5.41) is 9.43. The Kier molecular flexibility index (Phi) is 3.23. The van der Waals surface area contributed by atoms with Crippen LogP contribution in [0.2, 0.25) is 0 Å². The number of carbonyl (C=O) groups is 2. The zero-order valence-electron chi connectivity index (χ0n) is 10.6. The van der Waals surface area contributed by atoms with Crippen LogP contribution in [0.15, 0.2) is 24.3 Å². The fourth-order valence-electron chi connectivity index (χ4n) is 2.67. The number of hydrogen-bond donors (Lipinski definition) is 1. The molecular formula is C13H12F3NO3. The summed E-state index contributed by atoms with van der Waals surface area (Å²) in [4.78, 5) is 23.3. The number of hydrogen-bond acceptors (Lipinski definition) is 2. The van der Waals surface area contributed by atoms with Crippen LogP contribution >= 0.6 is 0 Å². The number of aryl methyl sites for hydroxylation is 1. The molecule has 1 unspecified atom stereocenters. The van der Waals surface area contributed by atoms with Gasteiger partial charge in [-0.1, -0.05) is 24.3 Å². The summed E-state index contributed by atoms with van der Waals surface area (Å²) in [5.74, 6) is -3.61. The molecule has 108 valence electrons. The quantitative estimate of drug-likeness (QED) is 0.904. The van der Waals surface area contributed by atoms with Crippen LogP contribution < -0.4 is 0 Å². The normalized spacial score (nSPS) is 21.4. The number of rotatable bonds is 2. The number of carboxylic acids is 1. The molecule has 1 aliphatic carbocycles. The van der Waals surface area contributed by atoms with Crippen LogP contribution in [0.4, 0.5) is 13.2 Å². The molecule has 1 atom stereocenters. The second-order valence-electron chi connectivity index (χ2n) is 4.68. The van der Waals surface area contributed by atoms with Gasteiger partial charge in [-0.2, -0.15) is 13.2 Å². The predicted octanol–water partition coefficient (Wildman–Crippen LogP) is 1.93. The van der Waals surface area contributed by atoms with E-state index in [0.717, 1.165) is 7.05 Å². The van der Waals surface area contributed by atoms with Crippen LogP contribution in [0.25, 0.3) is 0 Å². The standard InChI is InChI=1S/C13H12F3NO3/c1-17(10(18)13(14,15)16)12(11(19)20)7-6-8-4-2-3-5-9(8)12/h2-5H,6-7H2,1H3,(H,19,20). The molecule has 0 saturated heterocycles. The molecule has 1 amide bonds. The summed E-state index contributed by atoms with van der Waals surface area (Å²) in [6.45, 7) is 0. The average Bonchev–Trinajstić information content (AvgIpc) is 2.76. The number of halogens is 3. The molecule has 0 aromatic heterocycles. The number of aliphatic carboxylic acids is 1. The van der Waals surface area contributed by atoms with Gasteiger partial charge in [-0.25, -0.2) is 4.79 Å². The van der Waals surface area contributed by atoms with Crippen molar-refractivity contribution in [2.45, 2.75) is 24.6 Å². The van der Waals surface area contributed by atoms with E-state index in [1.54, 1.807) is 18.2 Å². The lowest BCUT2D eigenvalue weighted by Gasteiger charge is -2.36. The van der Waals surface area contributed by atoms with Crippen LogP contribution in [0, 0.1) is 0 Å². The summed E-state index contributed by atoms with van der Waals surface area (Å²) in [6.07, 6.45) is -4.85. The van der Waals surface area contributed by atoms with E-state index in [0.29, 0.717) is 16.9 Å². The Morgan fingerprint density at radius 2 is 1.90 bits per heavy atom. The first-order valence-electron chi connectivity index (χ1n) is 5.88. The number of carbonyl (C=O) groups excluding carboxylic acids is 1. The number of fused-ring (bicyclic) bond motifs is 1. The van der Waals surface area contributed by atoms with E-state index in [4.69, 9.17) is 0 Å². The van der Waals surface area contributed by atoms with Gasteiger partial charge in [0.05, 0.1) is 0 Å². The molecule has 1 aromatic carbocycles. The maximum atomic E-state index is 12.6. The highest BCUT2D eigenvalue weighted by molar-refractivity contribution is 5.91. The predicted molar refractivity (Wildman–Crippen MR) is 62.9 cm³/mol. The fraction of sp³-hybridized carbons (Fsp3) is 0.385. The Morgan fingerprint density at radius 3 is 2.45 bits per heavy atom. The van der Waals surface area contributed by atoms with Crippen molar-refractivity contribution in [1.82, 2.24) is 4.90 Å². The minimum absolute atomic E-state index is 0.0694. The molecule has 20 heavy (non-hydrogen) atoms. The van der Waals surface area contributed by atoms with Gasteiger partial charge in [-0.3, -0.25) is 4.79 Å². The van der Waals surface area contributed by atoms with Crippen molar-refractivity contribution in [1.29, 1.82) is 0 Å². The molecule has 0 fully saturated rings. The van der Waals surface area contributed by atoms with Crippen LogP contribution in [0.3, 0.4) is 0 Å². The van der Waals surface area contributed by atoms with E-state index >= 15 is 0 Å². The number of likely N-dealkylation sites (N-methyl/N-ethyl adjacent to an activating group) is 1. The van der Waals surface area contributed by atoms with Crippen LogP contribution in [-0.2, 0) is 21.5 Å². The first-order chi connectivity index (χ1) is 9.21. The largest absolute Gasteiger partial charge is 0.479 e. The van der Waals surface area contributed by atoms with E-state index in [1.165, 1.54) is 6.07 Å². The lowest BCUT2D eigenvalue weighted by molar-refractivity contribution is -0.193. The van der Waals surface area contributed by atoms with Gasteiger partial charge in [0.1, 0.15) is 0 Å².